The molecule has 1 atom stereocenters. The van der Waals surface area contributed by atoms with Crippen LogP contribution in [-0.4, -0.2) is 13.1 Å². The monoisotopic (exact) mass is 518 g/mol. The van der Waals surface area contributed by atoms with Crippen LogP contribution in [0.5, 0.6) is 23.0 Å². The van der Waals surface area contributed by atoms with Crippen molar-refractivity contribution in [3.63, 3.8) is 0 Å². The molecule has 1 heterocycles. The number of hydrogen-bond donors (Lipinski definition) is 1. The molecule has 0 aliphatic carbocycles. The predicted octanol–water partition coefficient (Wildman–Crippen LogP) is 6.02. The van der Waals surface area contributed by atoms with Crippen LogP contribution in [0.2, 0.25) is 0 Å². The minimum Gasteiger partial charge on any atom is -0.493 e. The number of allylic oxidation sites excluding steroid dienone is 1. The first-order chi connectivity index (χ1) is 19.0. The second-order valence-electron chi connectivity index (χ2n) is 9.01. The second kappa shape index (κ2) is 11.0. The first kappa shape index (κ1) is 25.4. The molecule has 0 bridgehead atoms. The Bertz CT molecular complexity index is 1600. The standard InChI is InChI=1S/C32H26N2O5/c1-20-8-6-7-11-24(20)32(35)38-23-13-14-25-28(17-23)39-31(34)26(18-33)30(25)22-12-15-27(29(16-22)36-2)37-19-21-9-4-3-5-10-21/h3-17,30H,19,34H2,1-2H3. The molecule has 0 saturated carbocycles. The quantitative estimate of drug-likeness (QED) is 0.236. The van der Waals surface area contributed by atoms with Gasteiger partial charge in [-0.1, -0.05) is 60.7 Å². The van der Waals surface area contributed by atoms with E-state index in [1.807, 2.05) is 67.6 Å². The van der Waals surface area contributed by atoms with Crippen LogP contribution >= 0.6 is 0 Å². The van der Waals surface area contributed by atoms with E-state index in [4.69, 9.17) is 24.7 Å². The van der Waals surface area contributed by atoms with Crippen molar-refractivity contribution in [3.8, 4) is 29.1 Å². The number of rotatable bonds is 7. The maximum atomic E-state index is 12.7. The molecule has 0 radical (unpaired) electrons. The van der Waals surface area contributed by atoms with E-state index in [2.05, 4.69) is 6.07 Å². The maximum Gasteiger partial charge on any atom is 0.343 e. The number of nitrogens with zero attached hydrogens (tertiary/aromatic N) is 1. The Labute approximate surface area is 226 Å². The fourth-order valence-corrected chi connectivity index (χ4v) is 4.52. The summed E-state index contributed by atoms with van der Waals surface area (Å²) in [6.07, 6.45) is 0. The molecular weight excluding hydrogens is 492 g/mol. The van der Waals surface area contributed by atoms with E-state index in [1.165, 1.54) is 0 Å². The number of benzene rings is 4. The summed E-state index contributed by atoms with van der Waals surface area (Å²) in [7, 11) is 1.57. The average Bonchev–Trinajstić information content (AvgIpc) is 2.96. The van der Waals surface area contributed by atoms with Crippen molar-refractivity contribution in [1.29, 1.82) is 5.26 Å². The van der Waals surface area contributed by atoms with Crippen LogP contribution in [0.4, 0.5) is 0 Å². The van der Waals surface area contributed by atoms with Gasteiger partial charge in [-0.25, -0.2) is 4.79 Å². The SMILES string of the molecule is COc1cc(C2C(C#N)=C(N)Oc3cc(OC(=O)c4ccccc4C)ccc32)ccc1OCc1ccccc1. The summed E-state index contributed by atoms with van der Waals surface area (Å²) in [5.74, 6) is 0.795. The number of aryl methyl sites for hydroxylation is 1. The largest absolute Gasteiger partial charge is 0.493 e. The van der Waals surface area contributed by atoms with Gasteiger partial charge in [0.1, 0.15) is 29.7 Å². The van der Waals surface area contributed by atoms with Crippen molar-refractivity contribution in [3.05, 3.63) is 130 Å². The van der Waals surface area contributed by atoms with Gasteiger partial charge < -0.3 is 24.7 Å². The van der Waals surface area contributed by atoms with Crippen molar-refractivity contribution in [2.24, 2.45) is 5.73 Å². The lowest BCUT2D eigenvalue weighted by Crippen LogP contribution is -2.21. The Balaban J connectivity index is 1.45. The molecule has 7 heteroatoms. The van der Waals surface area contributed by atoms with Crippen LogP contribution in [0.3, 0.4) is 0 Å². The zero-order valence-electron chi connectivity index (χ0n) is 21.5. The van der Waals surface area contributed by atoms with Crippen LogP contribution in [0.15, 0.2) is 102 Å². The third-order valence-electron chi connectivity index (χ3n) is 6.52. The highest BCUT2D eigenvalue weighted by Crippen LogP contribution is 2.45. The van der Waals surface area contributed by atoms with E-state index in [-0.39, 0.29) is 11.5 Å². The highest BCUT2D eigenvalue weighted by atomic mass is 16.5. The number of carbonyl (C=O) groups excluding carboxylic acids is 1. The molecule has 0 amide bonds. The summed E-state index contributed by atoms with van der Waals surface area (Å²) >= 11 is 0. The number of hydrogen-bond acceptors (Lipinski definition) is 7. The first-order valence-electron chi connectivity index (χ1n) is 12.3. The maximum absolute atomic E-state index is 12.7. The third kappa shape index (κ3) is 5.27. The third-order valence-corrected chi connectivity index (χ3v) is 6.52. The molecule has 2 N–H and O–H groups in total. The van der Waals surface area contributed by atoms with Gasteiger partial charge in [0.2, 0.25) is 5.88 Å². The molecule has 39 heavy (non-hydrogen) atoms. The van der Waals surface area contributed by atoms with Crippen molar-refractivity contribution < 1.29 is 23.7 Å². The average molecular weight is 519 g/mol. The lowest BCUT2D eigenvalue weighted by molar-refractivity contribution is 0.0733. The summed E-state index contributed by atoms with van der Waals surface area (Å²) in [4.78, 5) is 12.7. The van der Waals surface area contributed by atoms with Gasteiger partial charge in [-0.15, -0.1) is 0 Å². The fourth-order valence-electron chi connectivity index (χ4n) is 4.52. The van der Waals surface area contributed by atoms with E-state index >= 15 is 0 Å². The van der Waals surface area contributed by atoms with Gasteiger partial charge in [0.05, 0.1) is 18.6 Å². The molecule has 1 aliphatic rings. The van der Waals surface area contributed by atoms with Crippen molar-refractivity contribution in [1.82, 2.24) is 0 Å². The fraction of sp³-hybridized carbons (Fsp3) is 0.125. The van der Waals surface area contributed by atoms with Gasteiger partial charge in [0.25, 0.3) is 0 Å². The van der Waals surface area contributed by atoms with E-state index in [0.717, 1.165) is 16.7 Å². The molecule has 1 unspecified atom stereocenters. The Kier molecular flexibility index (Phi) is 7.19. The van der Waals surface area contributed by atoms with E-state index in [1.54, 1.807) is 37.4 Å². The van der Waals surface area contributed by atoms with Crippen LogP contribution in [0.25, 0.3) is 0 Å². The molecule has 7 nitrogen and oxygen atoms in total. The number of nitriles is 1. The normalized spacial score (nSPS) is 14.0. The van der Waals surface area contributed by atoms with Gasteiger partial charge in [-0.2, -0.15) is 5.26 Å². The van der Waals surface area contributed by atoms with E-state index < -0.39 is 11.9 Å². The van der Waals surface area contributed by atoms with Gasteiger partial charge in [0.15, 0.2) is 11.5 Å². The number of fused-ring (bicyclic) bond motifs is 1. The molecule has 194 valence electrons. The van der Waals surface area contributed by atoms with Crippen LogP contribution < -0.4 is 24.7 Å². The lowest BCUT2D eigenvalue weighted by atomic mass is 9.83. The number of nitrogens with two attached hydrogens (primary N) is 1. The Morgan fingerprint density at radius 1 is 0.974 bits per heavy atom. The Hall–Kier alpha value is -5.22. The molecule has 0 spiro atoms. The Morgan fingerprint density at radius 3 is 2.49 bits per heavy atom. The lowest BCUT2D eigenvalue weighted by Gasteiger charge is -2.27. The summed E-state index contributed by atoms with van der Waals surface area (Å²) in [5.41, 5.74) is 10.2. The smallest absolute Gasteiger partial charge is 0.343 e. The second-order valence-corrected chi connectivity index (χ2v) is 9.01. The van der Waals surface area contributed by atoms with Crippen molar-refractivity contribution in [2.75, 3.05) is 7.11 Å². The molecule has 0 saturated heterocycles. The van der Waals surface area contributed by atoms with Crippen molar-refractivity contribution in [2.45, 2.75) is 19.4 Å². The highest BCUT2D eigenvalue weighted by Gasteiger charge is 2.32. The van der Waals surface area contributed by atoms with Crippen LogP contribution in [-0.2, 0) is 6.61 Å². The van der Waals surface area contributed by atoms with E-state index in [9.17, 15) is 10.1 Å². The van der Waals surface area contributed by atoms with Crippen LogP contribution in [0, 0.1) is 18.3 Å². The minimum absolute atomic E-state index is 0.0132. The van der Waals surface area contributed by atoms with Gasteiger partial charge in [-0.3, -0.25) is 0 Å². The first-order valence-corrected chi connectivity index (χ1v) is 12.3. The van der Waals surface area contributed by atoms with Gasteiger partial charge in [0, 0.05) is 11.6 Å². The van der Waals surface area contributed by atoms with Gasteiger partial charge in [-0.05, 0) is 47.9 Å². The molecule has 0 aromatic heterocycles. The topological polar surface area (TPSA) is 104 Å². The minimum atomic E-state index is -0.517. The summed E-state index contributed by atoms with van der Waals surface area (Å²) in [6, 6.07) is 29.8. The zero-order chi connectivity index (χ0) is 27.4. The summed E-state index contributed by atoms with van der Waals surface area (Å²) in [5, 5.41) is 9.94. The summed E-state index contributed by atoms with van der Waals surface area (Å²) < 4.78 is 23.0. The Morgan fingerprint density at radius 2 is 1.74 bits per heavy atom. The number of carbonyl (C=O) groups is 1. The molecule has 4 aromatic carbocycles. The predicted molar refractivity (Wildman–Crippen MR) is 146 cm³/mol. The highest BCUT2D eigenvalue weighted by molar-refractivity contribution is 5.92. The molecule has 1 aliphatic heterocycles. The van der Waals surface area contributed by atoms with Gasteiger partial charge >= 0.3 is 5.97 Å². The van der Waals surface area contributed by atoms with Crippen LogP contribution in [0.1, 0.15) is 38.5 Å². The molecule has 0 fully saturated rings. The molecular formula is C32H26N2O5. The molecule has 4 aromatic rings. The molecule has 5 rings (SSSR count). The number of esters is 1. The van der Waals surface area contributed by atoms with Crippen molar-refractivity contribution >= 4 is 5.97 Å². The zero-order valence-corrected chi connectivity index (χ0v) is 21.5. The van der Waals surface area contributed by atoms with E-state index in [0.29, 0.717) is 40.7 Å². The number of methoxy groups -OCH3 is 1. The number of ether oxygens (including phenoxy) is 4. The summed E-state index contributed by atoms with van der Waals surface area (Å²) in [6.45, 7) is 2.23.